The zero-order valence-electron chi connectivity index (χ0n) is 9.54. The van der Waals surface area contributed by atoms with Gasteiger partial charge in [0.05, 0.1) is 12.2 Å². The molecule has 0 aliphatic rings. The minimum absolute atomic E-state index is 0.282. The van der Waals surface area contributed by atoms with Crippen molar-refractivity contribution in [2.45, 2.75) is 6.61 Å². The Hall–Kier alpha value is -1.78. The highest BCUT2D eigenvalue weighted by Gasteiger charge is 2.13. The smallest absolute Gasteiger partial charge is 0.336 e. The standard InChI is InChI=1S/C14H12O3S/c15-14(16)13-8-4-3-7-12(13)11-6-2-1-5-10(11)9-17-18/h1-8,18H,9H2,(H,15,16). The van der Waals surface area contributed by atoms with Crippen LogP contribution in [0, 0.1) is 0 Å². The summed E-state index contributed by atoms with van der Waals surface area (Å²) in [6, 6.07) is 14.4. The monoisotopic (exact) mass is 260 g/mol. The van der Waals surface area contributed by atoms with Gasteiger partial charge in [-0.1, -0.05) is 42.5 Å². The third-order valence-electron chi connectivity index (χ3n) is 2.69. The molecule has 0 bridgehead atoms. The molecule has 2 rings (SSSR count). The van der Waals surface area contributed by atoms with Crippen LogP contribution in [0.5, 0.6) is 0 Å². The van der Waals surface area contributed by atoms with E-state index in [0.717, 1.165) is 11.1 Å². The maximum absolute atomic E-state index is 11.2. The predicted octanol–water partition coefficient (Wildman–Crippen LogP) is 3.41. The fourth-order valence-corrected chi connectivity index (χ4v) is 2.02. The Morgan fingerprint density at radius 1 is 1.06 bits per heavy atom. The largest absolute Gasteiger partial charge is 0.478 e. The second-order valence-electron chi connectivity index (χ2n) is 3.78. The van der Waals surface area contributed by atoms with Crippen LogP contribution >= 0.6 is 12.9 Å². The van der Waals surface area contributed by atoms with Crippen LogP contribution in [0.4, 0.5) is 0 Å². The lowest BCUT2D eigenvalue weighted by Crippen LogP contribution is -2.00. The molecule has 2 aromatic carbocycles. The van der Waals surface area contributed by atoms with Gasteiger partial charge in [-0.2, -0.15) is 0 Å². The van der Waals surface area contributed by atoms with Gasteiger partial charge in [-0.05, 0) is 35.7 Å². The second kappa shape index (κ2) is 5.71. The van der Waals surface area contributed by atoms with Gasteiger partial charge in [-0.3, -0.25) is 0 Å². The Kier molecular flexibility index (Phi) is 4.02. The van der Waals surface area contributed by atoms with E-state index in [1.54, 1.807) is 18.2 Å². The Morgan fingerprint density at radius 2 is 1.67 bits per heavy atom. The first-order chi connectivity index (χ1) is 8.74. The summed E-state index contributed by atoms with van der Waals surface area (Å²) < 4.78 is 4.84. The number of carbonyl (C=O) groups is 1. The van der Waals surface area contributed by atoms with Gasteiger partial charge in [-0.25, -0.2) is 4.79 Å². The zero-order valence-corrected chi connectivity index (χ0v) is 10.4. The molecule has 0 aliphatic carbocycles. The third kappa shape index (κ3) is 2.55. The van der Waals surface area contributed by atoms with E-state index >= 15 is 0 Å². The first-order valence-corrected chi connectivity index (χ1v) is 5.77. The molecular weight excluding hydrogens is 248 g/mol. The van der Waals surface area contributed by atoms with Gasteiger partial charge in [0.15, 0.2) is 0 Å². The molecule has 0 radical (unpaired) electrons. The number of hydrogen-bond donors (Lipinski definition) is 2. The van der Waals surface area contributed by atoms with Crippen LogP contribution in [0.15, 0.2) is 48.5 Å². The number of rotatable bonds is 4. The number of hydrogen-bond acceptors (Lipinski definition) is 3. The van der Waals surface area contributed by atoms with Crippen LogP contribution in [0.3, 0.4) is 0 Å². The van der Waals surface area contributed by atoms with Gasteiger partial charge < -0.3 is 9.29 Å². The molecule has 1 N–H and O–H groups in total. The van der Waals surface area contributed by atoms with Crippen molar-refractivity contribution in [2.75, 3.05) is 0 Å². The molecule has 0 unspecified atom stereocenters. The van der Waals surface area contributed by atoms with Crippen LogP contribution in [-0.4, -0.2) is 11.1 Å². The number of thiol groups is 1. The molecule has 0 saturated heterocycles. The Bertz CT molecular complexity index is 566. The summed E-state index contributed by atoms with van der Waals surface area (Å²) >= 11 is 3.74. The highest BCUT2D eigenvalue weighted by molar-refractivity contribution is 7.75. The Balaban J connectivity index is 2.58. The second-order valence-corrected chi connectivity index (χ2v) is 4.04. The molecule has 0 heterocycles. The average molecular weight is 260 g/mol. The molecule has 0 atom stereocenters. The highest BCUT2D eigenvalue weighted by Crippen LogP contribution is 2.27. The van der Waals surface area contributed by atoms with Gasteiger partial charge in [0, 0.05) is 0 Å². The zero-order chi connectivity index (χ0) is 13.0. The molecule has 0 saturated carbocycles. The average Bonchev–Trinajstić information content (AvgIpc) is 2.40. The van der Waals surface area contributed by atoms with Crippen molar-refractivity contribution in [3.05, 3.63) is 59.7 Å². The number of carboxylic acids is 1. The van der Waals surface area contributed by atoms with Gasteiger partial charge >= 0.3 is 5.97 Å². The van der Waals surface area contributed by atoms with Crippen LogP contribution < -0.4 is 0 Å². The minimum atomic E-state index is -0.938. The molecule has 0 spiro atoms. The fraction of sp³-hybridized carbons (Fsp3) is 0.0714. The van der Waals surface area contributed by atoms with Crippen LogP contribution in [0.2, 0.25) is 0 Å². The third-order valence-corrected chi connectivity index (χ3v) is 2.81. The quantitative estimate of drug-likeness (QED) is 0.654. The van der Waals surface area contributed by atoms with Crippen molar-refractivity contribution in [3.63, 3.8) is 0 Å². The molecular formula is C14H12O3S. The summed E-state index contributed by atoms with van der Waals surface area (Å²) in [4.78, 5) is 11.2. The van der Waals surface area contributed by atoms with E-state index in [9.17, 15) is 9.90 Å². The maximum atomic E-state index is 11.2. The summed E-state index contributed by atoms with van der Waals surface area (Å²) in [6.07, 6.45) is 0. The molecule has 18 heavy (non-hydrogen) atoms. The van der Waals surface area contributed by atoms with Crippen molar-refractivity contribution in [1.82, 2.24) is 0 Å². The van der Waals surface area contributed by atoms with Crippen molar-refractivity contribution in [1.29, 1.82) is 0 Å². The molecule has 2 aromatic rings. The van der Waals surface area contributed by atoms with Crippen LogP contribution in [-0.2, 0) is 10.8 Å². The van der Waals surface area contributed by atoms with Gasteiger partial charge in [-0.15, -0.1) is 0 Å². The van der Waals surface area contributed by atoms with E-state index in [1.807, 2.05) is 30.3 Å². The molecule has 0 fully saturated rings. The SMILES string of the molecule is O=C(O)c1ccccc1-c1ccccc1COS. The topological polar surface area (TPSA) is 46.5 Å². The van der Waals surface area contributed by atoms with Crippen LogP contribution in [0.25, 0.3) is 11.1 Å². The fourth-order valence-electron chi connectivity index (χ4n) is 1.88. The molecule has 0 aromatic heterocycles. The van der Waals surface area contributed by atoms with E-state index < -0.39 is 5.97 Å². The minimum Gasteiger partial charge on any atom is -0.478 e. The van der Waals surface area contributed by atoms with E-state index in [2.05, 4.69) is 12.9 Å². The number of benzene rings is 2. The van der Waals surface area contributed by atoms with Crippen molar-refractivity contribution in [3.8, 4) is 11.1 Å². The molecule has 92 valence electrons. The summed E-state index contributed by atoms with van der Waals surface area (Å²) in [5.41, 5.74) is 2.72. The summed E-state index contributed by atoms with van der Waals surface area (Å²) in [7, 11) is 0. The lowest BCUT2D eigenvalue weighted by Gasteiger charge is -2.10. The Labute approximate surface area is 111 Å². The summed E-state index contributed by atoms with van der Waals surface area (Å²) in [6.45, 7) is 0.327. The van der Waals surface area contributed by atoms with E-state index in [4.69, 9.17) is 4.18 Å². The lowest BCUT2D eigenvalue weighted by atomic mass is 9.96. The molecule has 3 nitrogen and oxygen atoms in total. The van der Waals surface area contributed by atoms with Crippen molar-refractivity contribution in [2.24, 2.45) is 0 Å². The number of carboxylic acid groups (broad SMARTS) is 1. The van der Waals surface area contributed by atoms with Crippen molar-refractivity contribution < 1.29 is 14.1 Å². The summed E-state index contributed by atoms with van der Waals surface area (Å²) in [5, 5.41) is 9.20. The molecule has 4 heteroatoms. The molecule has 0 aliphatic heterocycles. The summed E-state index contributed by atoms with van der Waals surface area (Å²) in [5.74, 6) is -0.938. The normalized spacial score (nSPS) is 10.3. The predicted molar refractivity (Wildman–Crippen MR) is 72.6 cm³/mol. The number of aromatic carboxylic acids is 1. The molecule has 0 amide bonds. The highest BCUT2D eigenvalue weighted by atomic mass is 32.1. The van der Waals surface area contributed by atoms with Gasteiger partial charge in [0.1, 0.15) is 0 Å². The first-order valence-electron chi connectivity index (χ1n) is 5.41. The Morgan fingerprint density at radius 3 is 2.33 bits per heavy atom. The van der Waals surface area contributed by atoms with E-state index in [1.165, 1.54) is 0 Å². The first kappa shape index (κ1) is 12.7. The maximum Gasteiger partial charge on any atom is 0.336 e. The van der Waals surface area contributed by atoms with E-state index in [0.29, 0.717) is 12.2 Å². The van der Waals surface area contributed by atoms with Gasteiger partial charge in [0.25, 0.3) is 0 Å². The van der Waals surface area contributed by atoms with E-state index in [-0.39, 0.29) is 5.56 Å². The van der Waals surface area contributed by atoms with Gasteiger partial charge in [0.2, 0.25) is 0 Å². The lowest BCUT2D eigenvalue weighted by molar-refractivity contribution is 0.0697. The van der Waals surface area contributed by atoms with Crippen molar-refractivity contribution >= 4 is 18.9 Å². The van der Waals surface area contributed by atoms with Crippen LogP contribution in [0.1, 0.15) is 15.9 Å².